The fraction of sp³-hybridized carbons (Fsp3) is 0.222. The van der Waals surface area contributed by atoms with Gasteiger partial charge in [-0.2, -0.15) is 5.10 Å². The molecule has 1 aromatic carbocycles. The molecule has 0 saturated heterocycles. The lowest BCUT2D eigenvalue weighted by atomic mass is 10.2. The van der Waals surface area contributed by atoms with Crippen LogP contribution in [0.5, 0.6) is 5.75 Å². The van der Waals surface area contributed by atoms with Crippen LogP contribution in [0.3, 0.4) is 0 Å². The molecule has 0 aliphatic carbocycles. The van der Waals surface area contributed by atoms with Crippen LogP contribution < -0.4 is 15.9 Å². The van der Waals surface area contributed by atoms with Crippen molar-refractivity contribution in [2.45, 2.75) is 0 Å². The van der Waals surface area contributed by atoms with E-state index < -0.39 is 0 Å². The van der Waals surface area contributed by atoms with Crippen molar-refractivity contribution < 1.29 is 4.74 Å². The molecular weight excluding hydrogens is 246 g/mol. The number of amidine groups is 1. The largest absolute Gasteiger partial charge is 0.491 e. The average Bonchev–Trinajstić information content (AvgIpc) is 2.39. The summed E-state index contributed by atoms with van der Waals surface area (Å²) in [6.07, 6.45) is 0. The first-order valence-electron chi connectivity index (χ1n) is 4.26. The lowest BCUT2D eigenvalue weighted by Gasteiger charge is -2.06. The highest BCUT2D eigenvalue weighted by atomic mass is 79.9. The van der Waals surface area contributed by atoms with E-state index in [1.807, 2.05) is 18.2 Å². The molecule has 0 spiro atoms. The Hall–Kier alpha value is -1.23. The maximum Gasteiger partial charge on any atom is 0.156 e. The summed E-state index contributed by atoms with van der Waals surface area (Å²) < 4.78 is 6.49. The number of benzene rings is 1. The minimum atomic E-state index is 0.619. The fourth-order valence-corrected chi connectivity index (χ4v) is 1.72. The second-order valence-corrected chi connectivity index (χ2v) is 3.81. The van der Waals surface area contributed by atoms with Crippen LogP contribution >= 0.6 is 15.9 Å². The average molecular weight is 256 g/mol. The zero-order valence-electron chi connectivity index (χ0n) is 7.46. The normalized spacial score (nSPS) is 17.9. The number of nitrogens with two attached hydrogens (primary N) is 1. The molecule has 0 unspecified atom stereocenters. The first-order chi connectivity index (χ1) is 6.81. The third-order valence-electron chi connectivity index (χ3n) is 1.98. The van der Waals surface area contributed by atoms with Gasteiger partial charge in [0.2, 0.25) is 0 Å². The Morgan fingerprint density at radius 2 is 2.36 bits per heavy atom. The lowest BCUT2D eigenvalue weighted by molar-refractivity contribution is 0.327. The number of rotatable bonds is 0. The number of fused-ring (bicyclic) bond motifs is 1. The van der Waals surface area contributed by atoms with E-state index in [-0.39, 0.29) is 0 Å². The minimum absolute atomic E-state index is 0.619. The summed E-state index contributed by atoms with van der Waals surface area (Å²) in [7, 11) is 0. The summed E-state index contributed by atoms with van der Waals surface area (Å²) in [5.41, 5.74) is 0.888. The molecular formula is C9H10BrN3O. The summed E-state index contributed by atoms with van der Waals surface area (Å²) in [5, 5.41) is 6.79. The lowest BCUT2D eigenvalue weighted by Crippen LogP contribution is -2.26. The van der Waals surface area contributed by atoms with Crippen molar-refractivity contribution in [3.05, 3.63) is 28.2 Å². The number of hydrazone groups is 1. The Kier molecular flexibility index (Phi) is 2.58. The van der Waals surface area contributed by atoms with Crippen molar-refractivity contribution in [2.24, 2.45) is 10.9 Å². The summed E-state index contributed by atoms with van der Waals surface area (Å²) in [6, 6.07) is 5.76. The molecule has 0 bridgehead atoms. The number of hydrogen-bond donors (Lipinski definition) is 2. The van der Waals surface area contributed by atoms with E-state index in [1.165, 1.54) is 0 Å². The van der Waals surface area contributed by atoms with E-state index in [4.69, 9.17) is 10.6 Å². The van der Waals surface area contributed by atoms with Crippen LogP contribution in [0, 0.1) is 0 Å². The molecule has 4 nitrogen and oxygen atoms in total. The van der Waals surface area contributed by atoms with Crippen LogP contribution in [0.15, 0.2) is 27.8 Å². The summed E-state index contributed by atoms with van der Waals surface area (Å²) in [6.45, 7) is 1.33. The smallest absolute Gasteiger partial charge is 0.156 e. The molecule has 0 fully saturated rings. The van der Waals surface area contributed by atoms with Crippen LogP contribution in [0.25, 0.3) is 0 Å². The molecule has 2 rings (SSSR count). The summed E-state index contributed by atoms with van der Waals surface area (Å²) in [5.74, 6) is 6.77. The third kappa shape index (κ3) is 1.68. The molecule has 0 atom stereocenters. The SMILES string of the molecule is N/N=C1\NCCOc2ccc(Br)cc21. The van der Waals surface area contributed by atoms with Crippen LogP contribution in [0.1, 0.15) is 5.56 Å². The number of halogens is 1. The predicted octanol–water partition coefficient (Wildman–Crippen LogP) is 1.05. The maximum atomic E-state index is 5.52. The van der Waals surface area contributed by atoms with Crippen molar-refractivity contribution in [3.63, 3.8) is 0 Å². The van der Waals surface area contributed by atoms with Gasteiger partial charge in [0.1, 0.15) is 12.4 Å². The van der Waals surface area contributed by atoms with Gasteiger partial charge in [-0.3, -0.25) is 0 Å². The Balaban J connectivity index is 2.51. The van der Waals surface area contributed by atoms with Gasteiger partial charge in [0.25, 0.3) is 0 Å². The highest BCUT2D eigenvalue weighted by Crippen LogP contribution is 2.24. The molecule has 14 heavy (non-hydrogen) atoms. The van der Waals surface area contributed by atoms with Crippen molar-refractivity contribution in [1.82, 2.24) is 5.32 Å². The van der Waals surface area contributed by atoms with E-state index in [1.54, 1.807) is 0 Å². The Morgan fingerprint density at radius 1 is 1.50 bits per heavy atom. The Labute approximate surface area is 90.3 Å². The number of nitrogens with one attached hydrogen (secondary N) is 1. The van der Waals surface area contributed by atoms with Crippen molar-refractivity contribution >= 4 is 21.8 Å². The van der Waals surface area contributed by atoms with E-state index in [9.17, 15) is 0 Å². The van der Waals surface area contributed by atoms with Gasteiger partial charge in [-0.25, -0.2) is 0 Å². The molecule has 0 radical (unpaired) electrons. The molecule has 1 aromatic rings. The first-order valence-corrected chi connectivity index (χ1v) is 5.05. The van der Waals surface area contributed by atoms with Gasteiger partial charge in [-0.1, -0.05) is 15.9 Å². The number of hydrogen-bond acceptors (Lipinski definition) is 3. The van der Waals surface area contributed by atoms with E-state index >= 15 is 0 Å². The van der Waals surface area contributed by atoms with Crippen LogP contribution in [-0.2, 0) is 0 Å². The van der Waals surface area contributed by atoms with Crippen LogP contribution in [0.4, 0.5) is 0 Å². The van der Waals surface area contributed by atoms with Gasteiger partial charge >= 0.3 is 0 Å². The third-order valence-corrected chi connectivity index (χ3v) is 2.47. The molecule has 3 N–H and O–H groups in total. The standard InChI is InChI=1S/C9H10BrN3O/c10-6-1-2-8-7(5-6)9(13-11)12-3-4-14-8/h1-2,5H,3-4,11H2,(H,12,13). The number of ether oxygens (including phenoxy) is 1. The first kappa shape index (κ1) is 9.33. The van der Waals surface area contributed by atoms with E-state index in [2.05, 4.69) is 26.3 Å². The van der Waals surface area contributed by atoms with Crippen molar-refractivity contribution in [1.29, 1.82) is 0 Å². The van der Waals surface area contributed by atoms with Gasteiger partial charge in [0.15, 0.2) is 5.84 Å². The summed E-state index contributed by atoms with van der Waals surface area (Å²) >= 11 is 3.39. The van der Waals surface area contributed by atoms with Crippen LogP contribution in [-0.4, -0.2) is 19.0 Å². The molecule has 0 saturated carbocycles. The quantitative estimate of drug-likeness (QED) is 0.538. The zero-order chi connectivity index (χ0) is 9.97. The molecule has 1 aliphatic rings. The topological polar surface area (TPSA) is 59.6 Å². The zero-order valence-corrected chi connectivity index (χ0v) is 9.04. The van der Waals surface area contributed by atoms with Gasteiger partial charge < -0.3 is 15.9 Å². The monoisotopic (exact) mass is 255 g/mol. The highest BCUT2D eigenvalue weighted by Gasteiger charge is 2.14. The predicted molar refractivity (Wildman–Crippen MR) is 58.4 cm³/mol. The molecule has 74 valence electrons. The van der Waals surface area contributed by atoms with Gasteiger partial charge in [-0.15, -0.1) is 0 Å². The van der Waals surface area contributed by atoms with E-state index in [0.29, 0.717) is 19.0 Å². The molecule has 1 aliphatic heterocycles. The summed E-state index contributed by atoms with van der Waals surface area (Å²) in [4.78, 5) is 0. The van der Waals surface area contributed by atoms with E-state index in [0.717, 1.165) is 15.8 Å². The van der Waals surface area contributed by atoms with Crippen molar-refractivity contribution in [3.8, 4) is 5.75 Å². The van der Waals surface area contributed by atoms with Crippen molar-refractivity contribution in [2.75, 3.05) is 13.2 Å². The Morgan fingerprint density at radius 3 is 3.14 bits per heavy atom. The number of nitrogens with zero attached hydrogens (tertiary/aromatic N) is 1. The minimum Gasteiger partial charge on any atom is -0.491 e. The fourth-order valence-electron chi connectivity index (χ4n) is 1.35. The van der Waals surface area contributed by atoms with Gasteiger partial charge in [0.05, 0.1) is 12.1 Å². The Bertz CT molecular complexity index is 378. The molecule has 1 heterocycles. The molecule has 5 heteroatoms. The van der Waals surface area contributed by atoms with Gasteiger partial charge in [-0.05, 0) is 18.2 Å². The maximum absolute atomic E-state index is 5.52. The van der Waals surface area contributed by atoms with Crippen LogP contribution in [0.2, 0.25) is 0 Å². The second kappa shape index (κ2) is 3.88. The second-order valence-electron chi connectivity index (χ2n) is 2.89. The molecule has 0 amide bonds. The molecule has 0 aromatic heterocycles. The highest BCUT2D eigenvalue weighted by molar-refractivity contribution is 9.10. The van der Waals surface area contributed by atoms with Gasteiger partial charge in [0, 0.05) is 4.47 Å².